The molecule has 1 heterocycles. The largest absolute Gasteiger partial charge is 0.496 e. The lowest BCUT2D eigenvalue weighted by atomic mass is 10.2. The summed E-state index contributed by atoms with van der Waals surface area (Å²) < 4.78 is 6.18. The molecule has 1 aromatic heterocycles. The van der Waals surface area contributed by atoms with Crippen molar-refractivity contribution < 1.29 is 4.74 Å². The molecule has 0 unspecified atom stereocenters. The van der Waals surface area contributed by atoms with Crippen LogP contribution in [0.4, 0.5) is 11.5 Å². The van der Waals surface area contributed by atoms with Crippen molar-refractivity contribution in [3.63, 3.8) is 0 Å². The van der Waals surface area contributed by atoms with Gasteiger partial charge in [-0.25, -0.2) is 4.98 Å². The van der Waals surface area contributed by atoms with Gasteiger partial charge in [0.2, 0.25) is 0 Å². The van der Waals surface area contributed by atoms with Crippen LogP contribution in [-0.2, 0) is 0 Å². The topological polar surface area (TPSA) is 34.1 Å². The Bertz CT molecular complexity index is 511. The van der Waals surface area contributed by atoms with E-state index in [1.807, 2.05) is 37.3 Å². The molecule has 1 aromatic carbocycles. The second-order valence-electron chi connectivity index (χ2n) is 3.67. The van der Waals surface area contributed by atoms with Crippen LogP contribution in [0.15, 0.2) is 41.0 Å². The Morgan fingerprint density at radius 2 is 2.06 bits per heavy atom. The molecule has 0 atom stereocenters. The predicted octanol–water partition coefficient (Wildman–Crippen LogP) is 3.90. The number of aromatic nitrogens is 1. The summed E-state index contributed by atoms with van der Waals surface area (Å²) in [6, 6.07) is 9.81. The zero-order valence-corrected chi connectivity index (χ0v) is 11.3. The molecular weight excluding hydrogens is 280 g/mol. The minimum absolute atomic E-state index is 0.817. The number of nitrogens with one attached hydrogen (secondary N) is 1. The first-order valence-corrected chi connectivity index (χ1v) is 6.01. The predicted molar refractivity (Wildman–Crippen MR) is 73.0 cm³/mol. The smallest absolute Gasteiger partial charge is 0.130 e. The molecule has 0 spiro atoms. The van der Waals surface area contributed by atoms with Gasteiger partial charge in [0.1, 0.15) is 11.6 Å². The van der Waals surface area contributed by atoms with Gasteiger partial charge in [-0.05, 0) is 58.7 Å². The van der Waals surface area contributed by atoms with E-state index in [2.05, 4.69) is 26.2 Å². The average Bonchev–Trinajstić information content (AvgIpc) is 2.32. The third-order valence-corrected chi connectivity index (χ3v) is 2.86. The molecule has 0 aliphatic carbocycles. The van der Waals surface area contributed by atoms with Gasteiger partial charge in [0.25, 0.3) is 0 Å². The van der Waals surface area contributed by atoms with Crippen LogP contribution < -0.4 is 10.1 Å². The summed E-state index contributed by atoms with van der Waals surface area (Å²) in [5, 5.41) is 3.24. The lowest BCUT2D eigenvalue weighted by molar-refractivity contribution is 0.412. The lowest BCUT2D eigenvalue weighted by Gasteiger charge is -2.09. The Labute approximate surface area is 109 Å². The summed E-state index contributed by atoms with van der Waals surface area (Å²) >= 11 is 3.35. The molecule has 1 N–H and O–H groups in total. The Hall–Kier alpha value is -1.55. The monoisotopic (exact) mass is 292 g/mol. The first-order chi connectivity index (χ1) is 8.19. The van der Waals surface area contributed by atoms with Gasteiger partial charge in [0.05, 0.1) is 7.11 Å². The fraction of sp³-hybridized carbons (Fsp3) is 0.154. The molecule has 4 heteroatoms. The van der Waals surface area contributed by atoms with Crippen LogP contribution in [0.3, 0.4) is 0 Å². The van der Waals surface area contributed by atoms with Crippen molar-refractivity contribution in [3.8, 4) is 5.75 Å². The SMILES string of the molecule is COc1ccc(Nc2ccc(Br)cn2)cc1C. The molecular formula is C13H13BrN2O. The molecule has 17 heavy (non-hydrogen) atoms. The highest BCUT2D eigenvalue weighted by molar-refractivity contribution is 9.10. The normalized spacial score (nSPS) is 10.1. The van der Waals surface area contributed by atoms with Gasteiger partial charge in [-0.15, -0.1) is 0 Å². The van der Waals surface area contributed by atoms with E-state index in [0.717, 1.165) is 27.3 Å². The van der Waals surface area contributed by atoms with Crippen molar-refractivity contribution in [2.75, 3.05) is 12.4 Å². The summed E-state index contributed by atoms with van der Waals surface area (Å²) in [5.41, 5.74) is 2.09. The maximum absolute atomic E-state index is 5.22. The maximum Gasteiger partial charge on any atom is 0.130 e. The summed E-state index contributed by atoms with van der Waals surface area (Å²) in [6.45, 7) is 2.01. The standard InChI is InChI=1S/C13H13BrN2O/c1-9-7-11(4-5-12(9)17-2)16-13-6-3-10(14)8-15-13/h3-8H,1-2H3,(H,15,16). The van der Waals surface area contributed by atoms with Crippen LogP contribution in [0.25, 0.3) is 0 Å². The third kappa shape index (κ3) is 2.97. The first kappa shape index (κ1) is 11.9. The molecule has 0 aliphatic rings. The number of aryl methyl sites for hydroxylation is 1. The molecule has 0 aliphatic heterocycles. The average molecular weight is 293 g/mol. The lowest BCUT2D eigenvalue weighted by Crippen LogP contribution is -1.94. The Kier molecular flexibility index (Phi) is 3.64. The zero-order chi connectivity index (χ0) is 12.3. The van der Waals surface area contributed by atoms with E-state index in [9.17, 15) is 0 Å². The molecule has 0 fully saturated rings. The molecule has 0 saturated carbocycles. The number of nitrogens with zero attached hydrogens (tertiary/aromatic N) is 1. The maximum atomic E-state index is 5.22. The van der Waals surface area contributed by atoms with Crippen LogP contribution in [0, 0.1) is 6.92 Å². The number of ether oxygens (including phenoxy) is 1. The van der Waals surface area contributed by atoms with Gasteiger partial charge in [-0.3, -0.25) is 0 Å². The molecule has 0 saturated heterocycles. The number of halogens is 1. The molecule has 0 radical (unpaired) electrons. The van der Waals surface area contributed by atoms with Crippen LogP contribution in [-0.4, -0.2) is 12.1 Å². The van der Waals surface area contributed by atoms with Crippen molar-refractivity contribution in [2.24, 2.45) is 0 Å². The Balaban J connectivity index is 2.19. The van der Waals surface area contributed by atoms with Gasteiger partial charge in [-0.2, -0.15) is 0 Å². The Morgan fingerprint density at radius 3 is 2.65 bits per heavy atom. The van der Waals surface area contributed by atoms with Gasteiger partial charge < -0.3 is 10.1 Å². The third-order valence-electron chi connectivity index (χ3n) is 2.39. The van der Waals surface area contributed by atoms with E-state index in [0.29, 0.717) is 0 Å². The van der Waals surface area contributed by atoms with Gasteiger partial charge in [0.15, 0.2) is 0 Å². The number of pyridine rings is 1. The fourth-order valence-corrected chi connectivity index (χ4v) is 1.79. The van der Waals surface area contributed by atoms with E-state index in [1.165, 1.54) is 0 Å². The number of hydrogen-bond acceptors (Lipinski definition) is 3. The van der Waals surface area contributed by atoms with Crippen LogP contribution in [0.1, 0.15) is 5.56 Å². The van der Waals surface area contributed by atoms with Gasteiger partial charge >= 0.3 is 0 Å². The van der Waals surface area contributed by atoms with Gasteiger partial charge in [-0.1, -0.05) is 0 Å². The van der Waals surface area contributed by atoms with Crippen molar-refractivity contribution in [2.45, 2.75) is 6.92 Å². The van der Waals surface area contributed by atoms with Crippen molar-refractivity contribution >= 4 is 27.4 Å². The molecule has 2 aromatic rings. The second-order valence-corrected chi connectivity index (χ2v) is 4.59. The van der Waals surface area contributed by atoms with E-state index in [4.69, 9.17) is 4.74 Å². The molecule has 2 rings (SSSR count). The van der Waals surface area contributed by atoms with Crippen molar-refractivity contribution in [3.05, 3.63) is 46.6 Å². The molecule has 0 bridgehead atoms. The zero-order valence-electron chi connectivity index (χ0n) is 9.70. The van der Waals surface area contributed by atoms with Crippen LogP contribution >= 0.6 is 15.9 Å². The van der Waals surface area contributed by atoms with Crippen molar-refractivity contribution in [1.82, 2.24) is 4.98 Å². The minimum atomic E-state index is 0.817. The number of benzene rings is 1. The summed E-state index contributed by atoms with van der Waals surface area (Å²) in [7, 11) is 1.67. The minimum Gasteiger partial charge on any atom is -0.496 e. The highest BCUT2D eigenvalue weighted by Gasteiger charge is 2.00. The summed E-state index contributed by atoms with van der Waals surface area (Å²) in [6.07, 6.45) is 1.76. The Morgan fingerprint density at radius 1 is 1.24 bits per heavy atom. The number of hydrogen-bond donors (Lipinski definition) is 1. The van der Waals surface area contributed by atoms with Crippen LogP contribution in [0.2, 0.25) is 0 Å². The molecule has 0 amide bonds. The summed E-state index contributed by atoms with van der Waals surface area (Å²) in [4.78, 5) is 4.26. The number of anilines is 2. The van der Waals surface area contributed by atoms with Crippen molar-refractivity contribution in [1.29, 1.82) is 0 Å². The van der Waals surface area contributed by atoms with Crippen LogP contribution in [0.5, 0.6) is 5.75 Å². The highest BCUT2D eigenvalue weighted by atomic mass is 79.9. The van der Waals surface area contributed by atoms with Gasteiger partial charge in [0, 0.05) is 16.4 Å². The van der Waals surface area contributed by atoms with E-state index >= 15 is 0 Å². The molecule has 3 nitrogen and oxygen atoms in total. The highest BCUT2D eigenvalue weighted by Crippen LogP contribution is 2.23. The molecule has 88 valence electrons. The van der Waals surface area contributed by atoms with E-state index < -0.39 is 0 Å². The second kappa shape index (κ2) is 5.19. The fourth-order valence-electron chi connectivity index (χ4n) is 1.55. The quantitative estimate of drug-likeness (QED) is 0.931. The van der Waals surface area contributed by atoms with E-state index in [-0.39, 0.29) is 0 Å². The number of rotatable bonds is 3. The van der Waals surface area contributed by atoms with E-state index in [1.54, 1.807) is 13.3 Å². The summed E-state index contributed by atoms with van der Waals surface area (Å²) in [5.74, 6) is 1.71. The number of methoxy groups -OCH3 is 1. The first-order valence-electron chi connectivity index (χ1n) is 5.22.